The van der Waals surface area contributed by atoms with Crippen LogP contribution in [0.4, 0.5) is 5.00 Å². The molecule has 19 heavy (non-hydrogen) atoms. The Hall–Kier alpha value is -1.68. The van der Waals surface area contributed by atoms with Crippen molar-refractivity contribution in [2.45, 2.75) is 13.8 Å². The molecule has 0 saturated heterocycles. The van der Waals surface area contributed by atoms with E-state index in [0.717, 1.165) is 22.1 Å². The Morgan fingerprint density at radius 3 is 2.47 bits per heavy atom. The molecule has 2 rings (SSSR count). The van der Waals surface area contributed by atoms with Crippen LogP contribution in [0.25, 0.3) is 10.4 Å². The van der Waals surface area contributed by atoms with Crippen LogP contribution in [0.5, 0.6) is 11.5 Å². The highest BCUT2D eigenvalue weighted by Gasteiger charge is 2.10. The Kier molecular flexibility index (Phi) is 4.68. The molecule has 0 atom stereocenters. The first kappa shape index (κ1) is 13.7. The van der Waals surface area contributed by atoms with Crippen molar-refractivity contribution < 1.29 is 9.47 Å². The first-order valence-corrected chi connectivity index (χ1v) is 7.27. The average molecular weight is 277 g/mol. The zero-order valence-corrected chi connectivity index (χ0v) is 12.3. The predicted molar refractivity (Wildman–Crippen MR) is 81.6 cm³/mol. The Balaban J connectivity index is 2.37. The van der Waals surface area contributed by atoms with Gasteiger partial charge in [-0.1, -0.05) is 0 Å². The number of thiophene rings is 1. The summed E-state index contributed by atoms with van der Waals surface area (Å²) in [5, 5.41) is 4.30. The summed E-state index contributed by atoms with van der Waals surface area (Å²) in [5.41, 5.74) is 1.11. The summed E-state index contributed by atoms with van der Waals surface area (Å²) in [6, 6.07) is 10.2. The molecule has 0 aliphatic heterocycles. The molecule has 0 saturated carbocycles. The van der Waals surface area contributed by atoms with E-state index in [1.54, 1.807) is 11.3 Å². The van der Waals surface area contributed by atoms with Crippen LogP contribution in [0, 0.1) is 0 Å². The molecule has 0 fully saturated rings. The SMILES string of the molecule is CCOc1ccc(-c2ccc(NC)s2)c(OCC)c1. The van der Waals surface area contributed by atoms with Crippen molar-refractivity contribution in [3.8, 4) is 21.9 Å². The van der Waals surface area contributed by atoms with E-state index in [-0.39, 0.29) is 0 Å². The van der Waals surface area contributed by atoms with Crippen molar-refractivity contribution >= 4 is 16.3 Å². The molecule has 0 bridgehead atoms. The van der Waals surface area contributed by atoms with Crippen molar-refractivity contribution in [1.29, 1.82) is 0 Å². The molecule has 0 amide bonds. The molecule has 2 aromatic rings. The lowest BCUT2D eigenvalue weighted by molar-refractivity contribution is 0.324. The lowest BCUT2D eigenvalue weighted by atomic mass is 10.1. The largest absolute Gasteiger partial charge is 0.494 e. The predicted octanol–water partition coefficient (Wildman–Crippen LogP) is 4.25. The first-order valence-electron chi connectivity index (χ1n) is 6.46. The minimum absolute atomic E-state index is 0.646. The molecule has 0 spiro atoms. The topological polar surface area (TPSA) is 30.5 Å². The molecule has 1 aromatic carbocycles. The maximum atomic E-state index is 5.73. The van der Waals surface area contributed by atoms with E-state index in [1.165, 1.54) is 4.88 Å². The van der Waals surface area contributed by atoms with Gasteiger partial charge in [0.05, 0.1) is 18.2 Å². The van der Waals surface area contributed by atoms with Gasteiger partial charge in [-0.2, -0.15) is 0 Å². The van der Waals surface area contributed by atoms with E-state index < -0.39 is 0 Å². The van der Waals surface area contributed by atoms with Crippen LogP contribution in [-0.2, 0) is 0 Å². The highest BCUT2D eigenvalue weighted by molar-refractivity contribution is 7.19. The smallest absolute Gasteiger partial charge is 0.131 e. The molecule has 3 nitrogen and oxygen atoms in total. The number of hydrogen-bond acceptors (Lipinski definition) is 4. The van der Waals surface area contributed by atoms with Crippen molar-refractivity contribution in [2.24, 2.45) is 0 Å². The zero-order chi connectivity index (χ0) is 13.7. The Labute approximate surface area is 118 Å². The molecular weight excluding hydrogens is 258 g/mol. The van der Waals surface area contributed by atoms with Gasteiger partial charge in [-0.3, -0.25) is 0 Å². The molecule has 0 radical (unpaired) electrons. The van der Waals surface area contributed by atoms with Crippen LogP contribution in [-0.4, -0.2) is 20.3 Å². The zero-order valence-electron chi connectivity index (χ0n) is 11.5. The van der Waals surface area contributed by atoms with E-state index >= 15 is 0 Å². The van der Waals surface area contributed by atoms with Crippen LogP contribution in [0.15, 0.2) is 30.3 Å². The summed E-state index contributed by atoms with van der Waals surface area (Å²) in [6.07, 6.45) is 0. The van der Waals surface area contributed by atoms with E-state index in [4.69, 9.17) is 9.47 Å². The highest BCUT2D eigenvalue weighted by atomic mass is 32.1. The van der Waals surface area contributed by atoms with Crippen molar-refractivity contribution in [2.75, 3.05) is 25.6 Å². The van der Waals surface area contributed by atoms with Crippen LogP contribution in [0.2, 0.25) is 0 Å². The summed E-state index contributed by atoms with van der Waals surface area (Å²) in [6.45, 7) is 5.28. The maximum Gasteiger partial charge on any atom is 0.131 e. The van der Waals surface area contributed by atoms with Gasteiger partial charge in [0, 0.05) is 23.6 Å². The molecule has 1 N–H and O–H groups in total. The fraction of sp³-hybridized carbons (Fsp3) is 0.333. The third kappa shape index (κ3) is 3.20. The van der Waals surface area contributed by atoms with E-state index in [9.17, 15) is 0 Å². The summed E-state index contributed by atoms with van der Waals surface area (Å²) in [4.78, 5) is 1.19. The normalized spacial score (nSPS) is 10.3. The second-order valence-electron chi connectivity index (χ2n) is 3.94. The number of benzene rings is 1. The fourth-order valence-corrected chi connectivity index (χ4v) is 2.74. The summed E-state index contributed by atoms with van der Waals surface area (Å²) < 4.78 is 11.2. The minimum Gasteiger partial charge on any atom is -0.494 e. The first-order chi connectivity index (χ1) is 9.28. The van der Waals surface area contributed by atoms with Gasteiger partial charge < -0.3 is 14.8 Å². The quantitative estimate of drug-likeness (QED) is 0.856. The molecular formula is C15H19NO2S. The Morgan fingerprint density at radius 2 is 1.84 bits per heavy atom. The van der Waals surface area contributed by atoms with Gasteiger partial charge in [0.15, 0.2) is 0 Å². The van der Waals surface area contributed by atoms with E-state index in [2.05, 4.69) is 23.5 Å². The standard InChI is InChI=1S/C15H19NO2S/c1-4-17-11-6-7-12(13(10-11)18-5-2)14-8-9-15(16-3)19-14/h6-10,16H,4-5H2,1-3H3. The van der Waals surface area contributed by atoms with Gasteiger partial charge in [-0.15, -0.1) is 11.3 Å². The van der Waals surface area contributed by atoms with Crippen LogP contribution in [0.1, 0.15) is 13.8 Å². The van der Waals surface area contributed by atoms with Crippen LogP contribution >= 0.6 is 11.3 Å². The van der Waals surface area contributed by atoms with Crippen molar-refractivity contribution in [1.82, 2.24) is 0 Å². The van der Waals surface area contributed by atoms with Gasteiger partial charge in [0.25, 0.3) is 0 Å². The van der Waals surface area contributed by atoms with Gasteiger partial charge in [-0.05, 0) is 38.1 Å². The lowest BCUT2D eigenvalue weighted by Gasteiger charge is -2.11. The second kappa shape index (κ2) is 6.48. The second-order valence-corrected chi connectivity index (χ2v) is 5.02. The number of rotatable bonds is 6. The van der Waals surface area contributed by atoms with Crippen molar-refractivity contribution in [3.05, 3.63) is 30.3 Å². The number of hydrogen-bond donors (Lipinski definition) is 1. The molecule has 0 aliphatic rings. The third-order valence-corrected chi connectivity index (χ3v) is 3.82. The van der Waals surface area contributed by atoms with Gasteiger partial charge in [-0.25, -0.2) is 0 Å². The maximum absolute atomic E-state index is 5.73. The van der Waals surface area contributed by atoms with Gasteiger partial charge in [0.1, 0.15) is 11.5 Å². The minimum atomic E-state index is 0.646. The van der Waals surface area contributed by atoms with Gasteiger partial charge in [0.2, 0.25) is 0 Å². The van der Waals surface area contributed by atoms with Crippen LogP contribution in [0.3, 0.4) is 0 Å². The lowest BCUT2D eigenvalue weighted by Crippen LogP contribution is -1.96. The summed E-state index contributed by atoms with van der Waals surface area (Å²) >= 11 is 1.71. The number of anilines is 1. The molecule has 0 unspecified atom stereocenters. The van der Waals surface area contributed by atoms with Crippen LogP contribution < -0.4 is 14.8 Å². The fourth-order valence-electron chi connectivity index (χ4n) is 1.85. The van der Waals surface area contributed by atoms with Gasteiger partial charge >= 0.3 is 0 Å². The number of ether oxygens (including phenoxy) is 2. The molecule has 1 heterocycles. The van der Waals surface area contributed by atoms with E-state index in [0.29, 0.717) is 13.2 Å². The monoisotopic (exact) mass is 277 g/mol. The Morgan fingerprint density at radius 1 is 1.05 bits per heavy atom. The molecule has 102 valence electrons. The average Bonchev–Trinajstić information content (AvgIpc) is 2.88. The molecule has 0 aliphatic carbocycles. The van der Waals surface area contributed by atoms with E-state index in [1.807, 2.05) is 33.0 Å². The third-order valence-electron chi connectivity index (χ3n) is 2.68. The van der Waals surface area contributed by atoms with Crippen molar-refractivity contribution in [3.63, 3.8) is 0 Å². The molecule has 1 aromatic heterocycles. The molecule has 4 heteroatoms. The summed E-state index contributed by atoms with van der Waals surface area (Å²) in [7, 11) is 1.93. The Bertz CT molecular complexity index is 537. The number of nitrogens with one attached hydrogen (secondary N) is 1. The summed E-state index contributed by atoms with van der Waals surface area (Å²) in [5.74, 6) is 1.72. The highest BCUT2D eigenvalue weighted by Crippen LogP contribution is 2.38.